The number of aromatic nitrogens is 2. The van der Waals surface area contributed by atoms with Crippen molar-refractivity contribution in [2.45, 2.75) is 20.0 Å². The summed E-state index contributed by atoms with van der Waals surface area (Å²) in [4.78, 5) is 18.4. The maximum Gasteiger partial charge on any atom is 0.433 e. The molecule has 0 bridgehead atoms. The molecule has 7 heteroatoms. The summed E-state index contributed by atoms with van der Waals surface area (Å²) in [6.45, 7) is 2.78. The molecule has 0 radical (unpaired) electrons. The van der Waals surface area contributed by atoms with Crippen LogP contribution < -0.4 is 0 Å². The molecule has 0 fully saturated rings. The average molecular weight is 273 g/mol. The number of halogens is 3. The number of imidazole rings is 1. The van der Waals surface area contributed by atoms with Gasteiger partial charge in [0.25, 0.3) is 0 Å². The third-order valence-corrected chi connectivity index (χ3v) is 2.61. The Morgan fingerprint density at radius 2 is 2.05 bits per heavy atom. The number of Topliss-reactive ketones (excluding diaryl/α,β-unsaturated/α-hetero) is 1. The Balaban J connectivity index is 3.39. The average Bonchev–Trinajstić information content (AvgIpc) is 2.66. The van der Waals surface area contributed by atoms with Crippen molar-refractivity contribution in [3.63, 3.8) is 0 Å². The van der Waals surface area contributed by atoms with Crippen molar-refractivity contribution in [2.75, 3.05) is 7.05 Å². The molecular weight excluding hydrogens is 259 g/mol. The molecule has 0 atom stereocenters. The number of aliphatic imine (C=N–C) groups is 1. The second-order valence-corrected chi connectivity index (χ2v) is 3.85. The number of alkyl halides is 3. The van der Waals surface area contributed by atoms with Crippen LogP contribution in [0.2, 0.25) is 0 Å². The maximum atomic E-state index is 12.9. The van der Waals surface area contributed by atoms with Crippen molar-refractivity contribution in [1.82, 2.24) is 9.55 Å². The van der Waals surface area contributed by atoms with E-state index < -0.39 is 11.9 Å². The first-order chi connectivity index (χ1) is 8.73. The number of carbonyl (C=O) groups excluding carboxylic acids is 1. The van der Waals surface area contributed by atoms with Gasteiger partial charge < -0.3 is 4.57 Å². The first-order valence-electron chi connectivity index (χ1n) is 5.47. The van der Waals surface area contributed by atoms with Gasteiger partial charge in [-0.05, 0) is 6.92 Å². The van der Waals surface area contributed by atoms with E-state index in [1.54, 1.807) is 0 Å². The first kappa shape index (κ1) is 15.1. The molecule has 104 valence electrons. The number of allylic oxidation sites excluding steroid dienone is 2. The molecule has 4 nitrogen and oxygen atoms in total. The second kappa shape index (κ2) is 5.38. The minimum atomic E-state index is -4.56. The number of hydrogen-bond donors (Lipinski definition) is 0. The minimum absolute atomic E-state index is 0.0995. The second-order valence-electron chi connectivity index (χ2n) is 3.85. The highest BCUT2D eigenvalue weighted by atomic mass is 19.4. The standard InChI is InChI=1S/C12H14F3N3O/c1-5-8(10(16-3)12(13,14)15)9-6-17-11(7(2)19)18(9)4/h5-6H,1-4H3/b8-5-,16-10?. The Morgan fingerprint density at radius 3 is 2.37 bits per heavy atom. The van der Waals surface area contributed by atoms with Crippen LogP contribution in [0.1, 0.15) is 30.2 Å². The van der Waals surface area contributed by atoms with Gasteiger partial charge in [-0.1, -0.05) is 6.08 Å². The van der Waals surface area contributed by atoms with E-state index >= 15 is 0 Å². The van der Waals surface area contributed by atoms with Gasteiger partial charge in [0.2, 0.25) is 0 Å². The zero-order valence-electron chi connectivity index (χ0n) is 11.0. The van der Waals surface area contributed by atoms with Crippen molar-refractivity contribution < 1.29 is 18.0 Å². The number of hydrogen-bond acceptors (Lipinski definition) is 3. The van der Waals surface area contributed by atoms with E-state index in [1.165, 1.54) is 37.7 Å². The van der Waals surface area contributed by atoms with E-state index in [0.717, 1.165) is 7.05 Å². The molecule has 19 heavy (non-hydrogen) atoms. The van der Waals surface area contributed by atoms with Gasteiger partial charge in [-0.2, -0.15) is 13.2 Å². The molecule has 0 unspecified atom stereocenters. The van der Waals surface area contributed by atoms with Gasteiger partial charge in [0, 0.05) is 26.6 Å². The lowest BCUT2D eigenvalue weighted by atomic mass is 10.1. The van der Waals surface area contributed by atoms with Crippen LogP contribution in [0.15, 0.2) is 17.3 Å². The summed E-state index contributed by atoms with van der Waals surface area (Å²) in [7, 11) is 2.57. The molecule has 0 aliphatic heterocycles. The van der Waals surface area contributed by atoms with E-state index in [1.807, 2.05) is 0 Å². The highest BCUT2D eigenvalue weighted by molar-refractivity contribution is 6.26. The van der Waals surface area contributed by atoms with E-state index in [0.29, 0.717) is 0 Å². The van der Waals surface area contributed by atoms with Gasteiger partial charge in [0.1, 0.15) is 5.71 Å². The largest absolute Gasteiger partial charge is 0.433 e. The molecule has 0 N–H and O–H groups in total. The molecule has 0 saturated heterocycles. The Bertz CT molecular complexity index is 553. The monoisotopic (exact) mass is 273 g/mol. The summed E-state index contributed by atoms with van der Waals surface area (Å²) in [6.07, 6.45) is -2.02. The Hall–Kier alpha value is -1.92. The van der Waals surface area contributed by atoms with Crippen LogP contribution in [-0.4, -0.2) is 34.3 Å². The first-order valence-corrected chi connectivity index (χ1v) is 5.47. The summed E-state index contributed by atoms with van der Waals surface area (Å²) in [6, 6.07) is 0. The smallest absolute Gasteiger partial charge is 0.325 e. The summed E-state index contributed by atoms with van der Waals surface area (Å²) in [5, 5.41) is 0. The lowest BCUT2D eigenvalue weighted by Crippen LogP contribution is -2.25. The molecule has 0 aromatic carbocycles. The van der Waals surface area contributed by atoms with Crippen molar-refractivity contribution >= 4 is 17.1 Å². The molecule has 0 spiro atoms. The summed E-state index contributed by atoms with van der Waals surface area (Å²) >= 11 is 0. The van der Waals surface area contributed by atoms with Crippen LogP contribution >= 0.6 is 0 Å². The molecule has 0 saturated carbocycles. The topological polar surface area (TPSA) is 47.2 Å². The SMILES string of the molecule is C/C=C(\C(=NC)C(F)(F)F)c1cnc(C(C)=O)n1C. The number of rotatable bonds is 3. The molecule has 1 aromatic rings. The van der Waals surface area contributed by atoms with Crippen LogP contribution in [0.25, 0.3) is 5.57 Å². The van der Waals surface area contributed by atoms with Crippen LogP contribution in [0.5, 0.6) is 0 Å². The van der Waals surface area contributed by atoms with Gasteiger partial charge in [-0.25, -0.2) is 4.98 Å². The number of nitrogens with zero attached hydrogens (tertiary/aromatic N) is 3. The molecule has 1 heterocycles. The molecule has 0 amide bonds. The third kappa shape index (κ3) is 2.91. The van der Waals surface area contributed by atoms with Crippen molar-refractivity contribution in [1.29, 1.82) is 0 Å². The fraction of sp³-hybridized carbons (Fsp3) is 0.417. The molecule has 0 aliphatic rings. The summed E-state index contributed by atoms with van der Waals surface area (Å²) in [5.41, 5.74) is -0.892. The zero-order chi connectivity index (χ0) is 14.8. The summed E-state index contributed by atoms with van der Waals surface area (Å²) in [5.74, 6) is -0.210. The van der Waals surface area contributed by atoms with E-state index in [4.69, 9.17) is 0 Å². The van der Waals surface area contributed by atoms with Gasteiger partial charge in [-0.15, -0.1) is 0 Å². The normalized spacial score (nSPS) is 13.8. The third-order valence-electron chi connectivity index (χ3n) is 2.61. The van der Waals surface area contributed by atoms with Crippen molar-refractivity contribution in [3.05, 3.63) is 23.8 Å². The predicted molar refractivity (Wildman–Crippen MR) is 66.3 cm³/mol. The van der Waals surface area contributed by atoms with E-state index in [-0.39, 0.29) is 22.9 Å². The van der Waals surface area contributed by atoms with Crippen LogP contribution in [0.4, 0.5) is 13.2 Å². The predicted octanol–water partition coefficient (Wildman–Crippen LogP) is 2.66. The zero-order valence-corrected chi connectivity index (χ0v) is 11.0. The van der Waals surface area contributed by atoms with Gasteiger partial charge in [-0.3, -0.25) is 9.79 Å². The minimum Gasteiger partial charge on any atom is -0.325 e. The lowest BCUT2D eigenvalue weighted by Gasteiger charge is -2.14. The fourth-order valence-corrected chi connectivity index (χ4v) is 1.79. The Labute approximate surface area is 108 Å². The highest BCUT2D eigenvalue weighted by Gasteiger charge is 2.38. The number of carbonyl (C=O) groups is 1. The van der Waals surface area contributed by atoms with Gasteiger partial charge in [0.15, 0.2) is 11.6 Å². The highest BCUT2D eigenvalue weighted by Crippen LogP contribution is 2.28. The molecule has 0 aliphatic carbocycles. The molecular formula is C12H14F3N3O. The van der Waals surface area contributed by atoms with Gasteiger partial charge >= 0.3 is 6.18 Å². The Morgan fingerprint density at radius 1 is 1.47 bits per heavy atom. The van der Waals surface area contributed by atoms with Crippen LogP contribution in [-0.2, 0) is 7.05 Å². The van der Waals surface area contributed by atoms with E-state index in [9.17, 15) is 18.0 Å². The van der Waals surface area contributed by atoms with Crippen LogP contribution in [0, 0.1) is 0 Å². The summed E-state index contributed by atoms with van der Waals surface area (Å²) < 4.78 is 39.9. The van der Waals surface area contributed by atoms with Crippen LogP contribution in [0.3, 0.4) is 0 Å². The lowest BCUT2D eigenvalue weighted by molar-refractivity contribution is -0.0572. The Kier molecular flexibility index (Phi) is 4.28. The van der Waals surface area contributed by atoms with E-state index in [2.05, 4.69) is 9.98 Å². The quantitative estimate of drug-likeness (QED) is 0.628. The van der Waals surface area contributed by atoms with Crippen molar-refractivity contribution in [3.8, 4) is 0 Å². The molecule has 1 aromatic heterocycles. The molecule has 1 rings (SSSR count). The van der Waals surface area contributed by atoms with Gasteiger partial charge in [0.05, 0.1) is 11.9 Å². The fourth-order valence-electron chi connectivity index (χ4n) is 1.79. The van der Waals surface area contributed by atoms with Crippen molar-refractivity contribution in [2.24, 2.45) is 12.0 Å². The maximum absolute atomic E-state index is 12.9. The number of ketones is 1.